The van der Waals surface area contributed by atoms with Gasteiger partial charge >= 0.3 is 5.97 Å². The van der Waals surface area contributed by atoms with E-state index in [1.54, 1.807) is 0 Å². The highest BCUT2D eigenvalue weighted by Gasteiger charge is 2.83. The minimum absolute atomic E-state index is 0.0263. The Morgan fingerprint density at radius 2 is 1.59 bits per heavy atom. The summed E-state index contributed by atoms with van der Waals surface area (Å²) in [5.74, 6) is 2.83. The lowest BCUT2D eigenvalue weighted by atomic mass is 9.42. The van der Waals surface area contributed by atoms with Crippen LogP contribution in [0.4, 0.5) is 0 Å². The van der Waals surface area contributed by atoms with E-state index in [9.17, 15) is 9.59 Å². The Kier molecular flexibility index (Phi) is 3.34. The number of carbonyl (C=O) groups excluding carboxylic acids is 2. The molecule has 0 bridgehead atoms. The van der Waals surface area contributed by atoms with Crippen LogP contribution in [0.3, 0.4) is 0 Å². The molecule has 1 heterocycles. The van der Waals surface area contributed by atoms with Gasteiger partial charge in [0.15, 0.2) is 0 Å². The van der Waals surface area contributed by atoms with Crippen LogP contribution < -0.4 is 0 Å². The summed E-state index contributed by atoms with van der Waals surface area (Å²) >= 11 is 0. The molecular weight excluding hydrogens is 360 g/mol. The van der Waals surface area contributed by atoms with Crippen molar-refractivity contribution in [2.75, 3.05) is 0 Å². The minimum atomic E-state index is -0.137. The number of ether oxygens (including phenoxy) is 1. The van der Waals surface area contributed by atoms with E-state index < -0.39 is 0 Å². The molecule has 3 nitrogen and oxygen atoms in total. The van der Waals surface area contributed by atoms with Gasteiger partial charge in [0, 0.05) is 24.2 Å². The predicted molar refractivity (Wildman–Crippen MR) is 111 cm³/mol. The SMILES string of the molecule is C[C@@H]1CC(=O)O[C@H]2C[C@@]3(C)[C@@H]4CC[C@H]5C(C)(C)C(=O)CC[C@@]56C[C@@]46CC[C@]3(C)[C@@H]12. The summed E-state index contributed by atoms with van der Waals surface area (Å²) in [7, 11) is 0. The molecule has 0 aromatic rings. The first-order valence-corrected chi connectivity index (χ1v) is 12.2. The van der Waals surface area contributed by atoms with Gasteiger partial charge in [-0.05, 0) is 84.4 Å². The van der Waals surface area contributed by atoms with Crippen molar-refractivity contribution in [3.05, 3.63) is 0 Å². The quantitative estimate of drug-likeness (QED) is 0.502. The van der Waals surface area contributed by atoms with Crippen LogP contribution in [0, 0.1) is 50.7 Å². The molecule has 1 aliphatic heterocycles. The highest BCUT2D eigenvalue weighted by Crippen LogP contribution is 2.89. The fraction of sp³-hybridized carbons (Fsp3) is 0.923. The molecule has 6 aliphatic rings. The summed E-state index contributed by atoms with van der Waals surface area (Å²) in [6, 6.07) is 0. The zero-order chi connectivity index (χ0) is 20.6. The highest BCUT2D eigenvalue weighted by atomic mass is 16.5. The van der Waals surface area contributed by atoms with E-state index in [1.807, 2.05) is 0 Å². The number of hydrogen-bond donors (Lipinski definition) is 0. The van der Waals surface area contributed by atoms with Crippen LogP contribution in [0.15, 0.2) is 0 Å². The lowest BCUT2D eigenvalue weighted by molar-refractivity contribution is -0.168. The third-order valence-corrected chi connectivity index (χ3v) is 12.3. The molecule has 160 valence electrons. The molecule has 6 fully saturated rings. The summed E-state index contributed by atoms with van der Waals surface area (Å²) in [5.41, 5.74) is 1.29. The maximum atomic E-state index is 12.8. The lowest BCUT2D eigenvalue weighted by Crippen LogP contribution is -2.57. The maximum absolute atomic E-state index is 12.8. The molecule has 5 aliphatic carbocycles. The summed E-state index contributed by atoms with van der Waals surface area (Å²) < 4.78 is 6.00. The number of fused-ring (bicyclic) bond motifs is 4. The van der Waals surface area contributed by atoms with Crippen molar-refractivity contribution in [2.24, 2.45) is 50.7 Å². The molecule has 5 saturated carbocycles. The minimum Gasteiger partial charge on any atom is -0.462 e. The number of hydrogen-bond acceptors (Lipinski definition) is 3. The molecule has 0 N–H and O–H groups in total. The first-order valence-electron chi connectivity index (χ1n) is 12.2. The molecule has 29 heavy (non-hydrogen) atoms. The molecule has 0 amide bonds. The van der Waals surface area contributed by atoms with Gasteiger partial charge in [0.1, 0.15) is 11.9 Å². The van der Waals surface area contributed by atoms with Crippen molar-refractivity contribution in [3.63, 3.8) is 0 Å². The second kappa shape index (κ2) is 5.13. The zero-order valence-corrected chi connectivity index (χ0v) is 19.0. The van der Waals surface area contributed by atoms with Crippen molar-refractivity contribution < 1.29 is 14.3 Å². The fourth-order valence-corrected chi connectivity index (χ4v) is 11.0. The molecule has 0 aromatic carbocycles. The van der Waals surface area contributed by atoms with Crippen molar-refractivity contribution >= 4 is 11.8 Å². The van der Waals surface area contributed by atoms with E-state index in [0.29, 0.717) is 40.8 Å². The average Bonchev–Trinajstić information content (AvgIpc) is 3.23. The second-order valence-electron chi connectivity index (χ2n) is 13.1. The Morgan fingerprint density at radius 3 is 2.34 bits per heavy atom. The van der Waals surface area contributed by atoms with Crippen molar-refractivity contribution in [1.29, 1.82) is 0 Å². The van der Waals surface area contributed by atoms with Gasteiger partial charge in [-0.2, -0.15) is 0 Å². The van der Waals surface area contributed by atoms with Crippen LogP contribution in [0.5, 0.6) is 0 Å². The van der Waals surface area contributed by atoms with Crippen molar-refractivity contribution in [1.82, 2.24) is 0 Å². The maximum Gasteiger partial charge on any atom is 0.306 e. The summed E-state index contributed by atoms with van der Waals surface area (Å²) in [6.07, 6.45) is 10.2. The summed E-state index contributed by atoms with van der Waals surface area (Å²) in [6.45, 7) is 11.9. The van der Waals surface area contributed by atoms with Crippen LogP contribution in [0.1, 0.15) is 92.4 Å². The second-order valence-corrected chi connectivity index (χ2v) is 13.1. The van der Waals surface area contributed by atoms with Crippen molar-refractivity contribution in [3.8, 4) is 0 Å². The molecule has 2 spiro atoms. The number of esters is 1. The average molecular weight is 399 g/mol. The Morgan fingerprint density at radius 1 is 0.897 bits per heavy atom. The van der Waals surface area contributed by atoms with E-state index in [4.69, 9.17) is 4.74 Å². The highest BCUT2D eigenvalue weighted by molar-refractivity contribution is 5.86. The molecule has 9 atom stereocenters. The number of ketones is 1. The van der Waals surface area contributed by atoms with Gasteiger partial charge in [0.25, 0.3) is 0 Å². The molecule has 3 heteroatoms. The third kappa shape index (κ3) is 1.86. The molecule has 1 saturated heterocycles. The van der Waals surface area contributed by atoms with Crippen molar-refractivity contribution in [2.45, 2.75) is 98.5 Å². The first kappa shape index (κ1) is 18.9. The standard InChI is InChI=1S/C26H38O3/c1-15-12-20(28)29-16-13-24(5)18-7-6-17-22(2,3)19(27)8-9-25(17)14-26(18,25)11-10-23(24,4)21(15)16/h15-18,21H,6-14H2,1-5H3/t15-,16+,17+,18+,21+,23-,24+,25-,26+/m1/s1. The largest absolute Gasteiger partial charge is 0.462 e. The molecule has 6 rings (SSSR count). The van der Waals surface area contributed by atoms with Gasteiger partial charge in [-0.15, -0.1) is 0 Å². The van der Waals surface area contributed by atoms with Crippen LogP contribution >= 0.6 is 0 Å². The monoisotopic (exact) mass is 398 g/mol. The van der Waals surface area contributed by atoms with Crippen LogP contribution in [-0.4, -0.2) is 17.9 Å². The Balaban J connectivity index is 1.41. The Bertz CT molecular complexity index is 815. The smallest absolute Gasteiger partial charge is 0.306 e. The first-order chi connectivity index (χ1) is 13.5. The van der Waals surface area contributed by atoms with Gasteiger partial charge in [-0.3, -0.25) is 9.59 Å². The summed E-state index contributed by atoms with van der Waals surface area (Å²) in [4.78, 5) is 25.0. The molecule has 0 radical (unpaired) electrons. The van der Waals surface area contributed by atoms with E-state index in [1.165, 1.54) is 32.1 Å². The molecule has 0 unspecified atom stereocenters. The number of carbonyl (C=O) groups is 2. The number of rotatable bonds is 0. The normalized spacial score (nSPS) is 59.6. The van der Waals surface area contributed by atoms with Gasteiger partial charge < -0.3 is 4.74 Å². The van der Waals surface area contributed by atoms with Crippen LogP contribution in [-0.2, 0) is 14.3 Å². The predicted octanol–water partition coefficient (Wildman–Crippen LogP) is 5.56. The molecule has 0 aromatic heterocycles. The van der Waals surface area contributed by atoms with Gasteiger partial charge in [0.05, 0.1) is 0 Å². The summed E-state index contributed by atoms with van der Waals surface area (Å²) in [5, 5.41) is 0. The van der Waals surface area contributed by atoms with E-state index in [2.05, 4.69) is 34.6 Å². The van der Waals surface area contributed by atoms with Crippen LogP contribution in [0.25, 0.3) is 0 Å². The van der Waals surface area contributed by atoms with E-state index in [0.717, 1.165) is 25.2 Å². The van der Waals surface area contributed by atoms with Gasteiger partial charge in [0.2, 0.25) is 0 Å². The Labute approximate surface area is 175 Å². The Hall–Kier alpha value is -0.860. The van der Waals surface area contributed by atoms with Gasteiger partial charge in [-0.25, -0.2) is 0 Å². The molecular formula is C26H38O3. The zero-order valence-electron chi connectivity index (χ0n) is 19.0. The topological polar surface area (TPSA) is 43.4 Å². The number of Topliss-reactive ketones (excluding diaryl/α,β-unsaturated/α-hetero) is 1. The lowest BCUT2D eigenvalue weighted by Gasteiger charge is -2.62. The van der Waals surface area contributed by atoms with E-state index >= 15 is 0 Å². The van der Waals surface area contributed by atoms with Crippen LogP contribution in [0.2, 0.25) is 0 Å². The van der Waals surface area contributed by atoms with E-state index in [-0.39, 0.29) is 28.3 Å². The van der Waals surface area contributed by atoms with Gasteiger partial charge in [-0.1, -0.05) is 34.6 Å². The fourth-order valence-electron chi connectivity index (χ4n) is 11.0. The third-order valence-electron chi connectivity index (χ3n) is 12.3.